The van der Waals surface area contributed by atoms with Crippen LogP contribution in [-0.4, -0.2) is 39.9 Å². The van der Waals surface area contributed by atoms with Gasteiger partial charge in [-0.3, -0.25) is 0 Å². The number of ether oxygens (including phenoxy) is 1. The van der Waals surface area contributed by atoms with Crippen molar-refractivity contribution in [3.8, 4) is 0 Å². The van der Waals surface area contributed by atoms with Crippen LogP contribution in [0.2, 0.25) is 0 Å². The largest absolute Gasteiger partial charge is 0.435 e. The lowest BCUT2D eigenvalue weighted by atomic mass is 10.3. The lowest BCUT2D eigenvalue weighted by molar-refractivity contribution is -0.397. The number of aromatic nitrogens is 2. The molecule has 0 saturated heterocycles. The second-order valence-corrected chi connectivity index (χ2v) is 3.61. The molecule has 1 rings (SSSR count). The Bertz CT molecular complexity index is 354. The van der Waals surface area contributed by atoms with Gasteiger partial charge in [0.15, 0.2) is 10.8 Å². The number of halogens is 1. The first kappa shape index (κ1) is 12.1. The number of hydrogen-bond acceptors (Lipinski definition) is 5. The molecule has 1 aromatic rings. The van der Waals surface area contributed by atoms with E-state index in [1.807, 2.05) is 0 Å². The van der Waals surface area contributed by atoms with Crippen molar-refractivity contribution in [3.63, 3.8) is 0 Å². The molecule has 1 aromatic heterocycles. The summed E-state index contributed by atoms with van der Waals surface area (Å²) in [4.78, 5) is 13.6. The molecule has 0 aliphatic rings. The fourth-order valence-electron chi connectivity index (χ4n) is 1.21. The molecule has 0 spiro atoms. The first-order valence-corrected chi connectivity index (χ1v) is 4.88. The van der Waals surface area contributed by atoms with E-state index in [0.29, 0.717) is 4.60 Å². The summed E-state index contributed by atoms with van der Waals surface area (Å²) in [7, 11) is 1.46. The second kappa shape index (κ2) is 5.19. The molecule has 0 saturated carbocycles. The molecule has 15 heavy (non-hydrogen) atoms. The van der Waals surface area contributed by atoms with Crippen LogP contribution in [0.4, 0.5) is 5.95 Å². The van der Waals surface area contributed by atoms with Gasteiger partial charge in [-0.05, 0) is 20.9 Å². The molecule has 0 bridgehead atoms. The quantitative estimate of drug-likeness (QED) is 0.634. The van der Waals surface area contributed by atoms with Crippen molar-refractivity contribution in [2.24, 2.45) is 0 Å². The predicted octanol–water partition coefficient (Wildman–Crippen LogP) is 0.734. The number of nitrogens with zero attached hydrogens (tertiary/aromatic N) is 3. The SMILES string of the molecule is COCC(CO)n1c(Br)cnc1[N+](=O)[O-]. The number of methoxy groups -OCH3 is 1. The maximum Gasteiger partial charge on any atom is 0.435 e. The molecule has 1 unspecified atom stereocenters. The lowest BCUT2D eigenvalue weighted by Gasteiger charge is -2.12. The number of nitro groups is 1. The van der Waals surface area contributed by atoms with Gasteiger partial charge in [-0.25, -0.2) is 4.57 Å². The molecule has 0 amide bonds. The van der Waals surface area contributed by atoms with Crippen molar-refractivity contribution >= 4 is 21.9 Å². The van der Waals surface area contributed by atoms with Crippen LogP contribution in [0.3, 0.4) is 0 Å². The molecule has 0 aromatic carbocycles. The van der Waals surface area contributed by atoms with E-state index in [-0.39, 0.29) is 19.2 Å². The molecule has 84 valence electrons. The van der Waals surface area contributed by atoms with Crippen LogP contribution < -0.4 is 0 Å². The van der Waals surface area contributed by atoms with Crippen molar-refractivity contribution in [1.29, 1.82) is 0 Å². The number of hydrogen-bond donors (Lipinski definition) is 1. The van der Waals surface area contributed by atoms with Gasteiger partial charge in [-0.2, -0.15) is 0 Å². The topological polar surface area (TPSA) is 90.4 Å². The number of aliphatic hydroxyl groups excluding tert-OH is 1. The normalized spacial score (nSPS) is 12.7. The predicted molar refractivity (Wildman–Crippen MR) is 54.6 cm³/mol. The summed E-state index contributed by atoms with van der Waals surface area (Å²) in [5.74, 6) is -0.321. The summed E-state index contributed by atoms with van der Waals surface area (Å²) in [5, 5.41) is 19.7. The van der Waals surface area contributed by atoms with Crippen LogP contribution in [0.5, 0.6) is 0 Å². The van der Waals surface area contributed by atoms with Crippen LogP contribution in [-0.2, 0) is 4.74 Å². The Balaban J connectivity index is 3.08. The minimum absolute atomic E-state index is 0.173. The van der Waals surface area contributed by atoms with Crippen LogP contribution in [0.1, 0.15) is 6.04 Å². The monoisotopic (exact) mass is 279 g/mol. The molecule has 1 heterocycles. The van der Waals surface area contributed by atoms with Crippen LogP contribution in [0.15, 0.2) is 10.8 Å². The van der Waals surface area contributed by atoms with Gasteiger partial charge in [-0.1, -0.05) is 4.98 Å². The smallest absolute Gasteiger partial charge is 0.393 e. The summed E-state index contributed by atoms with van der Waals surface area (Å²) >= 11 is 3.13. The van der Waals surface area contributed by atoms with Gasteiger partial charge in [0, 0.05) is 7.11 Å². The highest BCUT2D eigenvalue weighted by Crippen LogP contribution is 2.23. The Morgan fingerprint density at radius 3 is 3.00 bits per heavy atom. The van der Waals surface area contributed by atoms with E-state index in [1.165, 1.54) is 17.9 Å². The summed E-state index contributed by atoms with van der Waals surface area (Å²) in [5.41, 5.74) is 0. The molecule has 1 atom stereocenters. The fraction of sp³-hybridized carbons (Fsp3) is 0.571. The highest BCUT2D eigenvalue weighted by molar-refractivity contribution is 9.10. The van der Waals surface area contributed by atoms with Gasteiger partial charge < -0.3 is 20.0 Å². The van der Waals surface area contributed by atoms with Crippen molar-refractivity contribution in [2.45, 2.75) is 6.04 Å². The maximum absolute atomic E-state index is 10.6. The van der Waals surface area contributed by atoms with E-state index in [2.05, 4.69) is 20.9 Å². The Kier molecular flexibility index (Phi) is 4.18. The third-order valence-corrected chi connectivity index (χ3v) is 2.42. The number of aliphatic hydroxyl groups is 1. The summed E-state index contributed by atoms with van der Waals surface area (Å²) < 4.78 is 6.57. The Labute approximate surface area is 94.0 Å². The molecular formula is C7H10BrN3O4. The van der Waals surface area contributed by atoms with E-state index in [9.17, 15) is 10.1 Å². The average molecular weight is 280 g/mol. The number of rotatable bonds is 5. The van der Waals surface area contributed by atoms with Gasteiger partial charge in [0.1, 0.15) is 6.04 Å². The van der Waals surface area contributed by atoms with Crippen LogP contribution >= 0.6 is 15.9 Å². The molecule has 0 aliphatic carbocycles. The molecule has 0 aliphatic heterocycles. The minimum Gasteiger partial charge on any atom is -0.393 e. The lowest BCUT2D eigenvalue weighted by Crippen LogP contribution is -2.20. The third-order valence-electron chi connectivity index (χ3n) is 1.83. The highest BCUT2D eigenvalue weighted by Gasteiger charge is 2.26. The minimum atomic E-state index is -0.608. The van der Waals surface area contributed by atoms with Crippen molar-refractivity contribution in [3.05, 3.63) is 20.9 Å². The second-order valence-electron chi connectivity index (χ2n) is 2.80. The van der Waals surface area contributed by atoms with Gasteiger partial charge in [0.25, 0.3) is 0 Å². The van der Waals surface area contributed by atoms with E-state index in [1.54, 1.807) is 0 Å². The van der Waals surface area contributed by atoms with Crippen molar-refractivity contribution in [2.75, 3.05) is 20.3 Å². The van der Waals surface area contributed by atoms with Gasteiger partial charge in [-0.15, -0.1) is 0 Å². The summed E-state index contributed by atoms with van der Waals surface area (Å²) in [6, 6.07) is -0.521. The standard InChI is InChI=1S/C7H10BrN3O4/c1-15-4-5(3-12)10-6(8)2-9-7(10)11(13)14/h2,5,12H,3-4H2,1H3. The zero-order valence-electron chi connectivity index (χ0n) is 7.96. The van der Waals surface area contributed by atoms with Gasteiger partial charge >= 0.3 is 5.95 Å². The van der Waals surface area contributed by atoms with E-state index in [4.69, 9.17) is 9.84 Å². The van der Waals surface area contributed by atoms with Crippen molar-refractivity contribution < 1.29 is 14.8 Å². The van der Waals surface area contributed by atoms with E-state index >= 15 is 0 Å². The molecule has 0 fully saturated rings. The molecular weight excluding hydrogens is 270 g/mol. The Morgan fingerprint density at radius 1 is 1.87 bits per heavy atom. The van der Waals surface area contributed by atoms with Gasteiger partial charge in [0.05, 0.1) is 13.2 Å². The highest BCUT2D eigenvalue weighted by atomic mass is 79.9. The first-order chi connectivity index (χ1) is 7.11. The molecule has 8 heteroatoms. The third kappa shape index (κ3) is 2.52. The summed E-state index contributed by atoms with van der Waals surface area (Å²) in [6.45, 7) is -0.0874. The fourth-order valence-corrected chi connectivity index (χ4v) is 1.76. The van der Waals surface area contributed by atoms with Crippen LogP contribution in [0.25, 0.3) is 0 Å². The number of imidazole rings is 1. The Hall–Kier alpha value is -0.990. The van der Waals surface area contributed by atoms with E-state index < -0.39 is 11.0 Å². The Morgan fingerprint density at radius 2 is 2.53 bits per heavy atom. The average Bonchev–Trinajstić information content (AvgIpc) is 2.57. The molecule has 0 radical (unpaired) electrons. The maximum atomic E-state index is 10.6. The summed E-state index contributed by atoms with van der Waals surface area (Å²) in [6.07, 6.45) is 1.32. The van der Waals surface area contributed by atoms with Crippen molar-refractivity contribution in [1.82, 2.24) is 9.55 Å². The van der Waals surface area contributed by atoms with E-state index in [0.717, 1.165) is 0 Å². The molecule has 1 N–H and O–H groups in total. The van der Waals surface area contributed by atoms with Crippen LogP contribution in [0, 0.1) is 10.1 Å². The van der Waals surface area contributed by atoms with Gasteiger partial charge in [0.2, 0.25) is 0 Å². The first-order valence-electron chi connectivity index (χ1n) is 4.08. The zero-order valence-corrected chi connectivity index (χ0v) is 9.55. The zero-order chi connectivity index (χ0) is 11.4. The molecule has 7 nitrogen and oxygen atoms in total.